The molecule has 0 saturated heterocycles. The molecule has 0 aliphatic carbocycles. The second kappa shape index (κ2) is 8.47. The van der Waals surface area contributed by atoms with Crippen LogP contribution in [0.25, 0.3) is 0 Å². The molecule has 0 aliphatic heterocycles. The van der Waals surface area contributed by atoms with E-state index in [1.54, 1.807) is 6.07 Å². The minimum absolute atomic E-state index is 0.0739. The maximum Gasteiger partial charge on any atom is 0.273 e. The van der Waals surface area contributed by atoms with Gasteiger partial charge in [-0.3, -0.25) is 14.9 Å². The number of nitrogens with one attached hydrogen (secondary N) is 1. The minimum Gasteiger partial charge on any atom is -0.484 e. The molecule has 0 bridgehead atoms. The molecule has 1 N–H and O–H groups in total. The van der Waals surface area contributed by atoms with E-state index < -0.39 is 4.92 Å². The first-order valence-corrected chi connectivity index (χ1v) is 8.59. The van der Waals surface area contributed by atoms with Crippen molar-refractivity contribution in [3.05, 3.63) is 63.7 Å². The lowest BCUT2D eigenvalue weighted by molar-refractivity contribution is -0.384. The molecule has 6 nitrogen and oxygen atoms in total. The number of nitro groups is 1. The molecule has 0 fully saturated rings. The Morgan fingerprint density at radius 1 is 1.08 bits per heavy atom. The molecule has 2 aromatic rings. The third-order valence-corrected chi connectivity index (χ3v) is 4.04. The van der Waals surface area contributed by atoms with E-state index in [4.69, 9.17) is 4.74 Å². The van der Waals surface area contributed by atoms with Crippen LogP contribution >= 0.6 is 0 Å². The number of benzene rings is 2. The Morgan fingerprint density at radius 3 is 2.19 bits per heavy atom. The number of hydrogen-bond donors (Lipinski definition) is 1. The average molecular weight is 356 g/mol. The molecule has 0 heterocycles. The second-order valence-electron chi connectivity index (χ2n) is 6.71. The van der Waals surface area contributed by atoms with E-state index in [1.807, 2.05) is 18.2 Å². The molecule has 0 atom stereocenters. The molecule has 0 aliphatic rings. The van der Waals surface area contributed by atoms with Gasteiger partial charge in [0.05, 0.1) is 11.0 Å². The van der Waals surface area contributed by atoms with Crippen LogP contribution in [0.1, 0.15) is 50.7 Å². The summed E-state index contributed by atoms with van der Waals surface area (Å²) in [7, 11) is 0. The fourth-order valence-electron chi connectivity index (χ4n) is 2.71. The summed E-state index contributed by atoms with van der Waals surface area (Å²) in [5.41, 5.74) is 2.89. The topological polar surface area (TPSA) is 81.5 Å². The highest BCUT2D eigenvalue weighted by Gasteiger charge is 2.16. The molecular formula is C20H24N2O4. The summed E-state index contributed by atoms with van der Waals surface area (Å²) >= 11 is 0. The van der Waals surface area contributed by atoms with Crippen molar-refractivity contribution in [2.24, 2.45) is 0 Å². The highest BCUT2D eigenvalue weighted by atomic mass is 16.6. The van der Waals surface area contributed by atoms with E-state index in [0.29, 0.717) is 0 Å². The Hall–Kier alpha value is -2.89. The van der Waals surface area contributed by atoms with Gasteiger partial charge in [0.2, 0.25) is 0 Å². The maximum absolute atomic E-state index is 12.4. The number of nitro benzene ring substituents is 1. The van der Waals surface area contributed by atoms with Crippen molar-refractivity contribution < 1.29 is 14.5 Å². The molecule has 138 valence electrons. The lowest BCUT2D eigenvalue weighted by atomic mass is 9.92. The predicted molar refractivity (Wildman–Crippen MR) is 102 cm³/mol. The molecule has 6 heteroatoms. The van der Waals surface area contributed by atoms with Crippen LogP contribution in [0.2, 0.25) is 0 Å². The zero-order valence-corrected chi connectivity index (χ0v) is 15.5. The predicted octanol–water partition coefficient (Wildman–Crippen LogP) is 4.86. The quantitative estimate of drug-likeness (QED) is 0.567. The minimum atomic E-state index is -0.499. The van der Waals surface area contributed by atoms with Crippen LogP contribution in [0.15, 0.2) is 42.5 Å². The average Bonchev–Trinajstić information content (AvgIpc) is 2.60. The van der Waals surface area contributed by atoms with Gasteiger partial charge in [-0.25, -0.2) is 0 Å². The monoisotopic (exact) mass is 356 g/mol. The Bertz CT molecular complexity index is 774. The zero-order chi connectivity index (χ0) is 19.3. The second-order valence-corrected chi connectivity index (χ2v) is 6.71. The smallest absolute Gasteiger partial charge is 0.273 e. The molecule has 0 unspecified atom stereocenters. The summed E-state index contributed by atoms with van der Waals surface area (Å²) in [6.07, 6.45) is 0. The number of anilines is 1. The van der Waals surface area contributed by atoms with Crippen molar-refractivity contribution >= 4 is 17.3 Å². The number of non-ortho nitro benzene ring substituents is 1. The number of para-hydroxylation sites is 1. The first-order chi connectivity index (χ1) is 12.3. The number of carbonyl (C=O) groups is 1. The van der Waals surface area contributed by atoms with Crippen molar-refractivity contribution in [2.75, 3.05) is 11.9 Å². The molecule has 0 spiro atoms. The van der Waals surface area contributed by atoms with Crippen LogP contribution in [0.4, 0.5) is 11.4 Å². The van der Waals surface area contributed by atoms with Gasteiger partial charge in [-0.1, -0.05) is 52.0 Å². The lowest BCUT2D eigenvalue weighted by Crippen LogP contribution is -2.22. The zero-order valence-electron chi connectivity index (χ0n) is 15.5. The van der Waals surface area contributed by atoms with Crippen molar-refractivity contribution in [3.63, 3.8) is 0 Å². The number of hydrogen-bond acceptors (Lipinski definition) is 4. The molecule has 0 saturated carbocycles. The molecule has 0 radical (unpaired) electrons. The fourth-order valence-corrected chi connectivity index (χ4v) is 2.71. The van der Waals surface area contributed by atoms with Gasteiger partial charge < -0.3 is 10.1 Å². The van der Waals surface area contributed by atoms with E-state index >= 15 is 0 Å². The maximum atomic E-state index is 12.4. The van der Waals surface area contributed by atoms with Gasteiger partial charge in [0, 0.05) is 11.8 Å². The standard InChI is InChI=1S/C20H24N2O4/c1-13(2)17-9-6-10-18(14(3)4)20(17)21-19(23)12-26-16-8-5-7-15(11-16)22(24)25/h5-11,13-14H,12H2,1-4H3,(H,21,23). The van der Waals surface area contributed by atoms with Gasteiger partial charge in [0.25, 0.3) is 11.6 Å². The van der Waals surface area contributed by atoms with Crippen molar-refractivity contribution in [2.45, 2.75) is 39.5 Å². The summed E-state index contributed by atoms with van der Waals surface area (Å²) in [5.74, 6) is 0.519. The third-order valence-electron chi connectivity index (χ3n) is 4.04. The summed E-state index contributed by atoms with van der Waals surface area (Å²) in [4.78, 5) is 22.7. The van der Waals surface area contributed by atoms with Crippen molar-refractivity contribution in [1.82, 2.24) is 0 Å². The van der Waals surface area contributed by atoms with Gasteiger partial charge >= 0.3 is 0 Å². The normalized spacial score (nSPS) is 10.8. The van der Waals surface area contributed by atoms with Crippen molar-refractivity contribution in [1.29, 1.82) is 0 Å². The van der Waals surface area contributed by atoms with E-state index in [-0.39, 0.29) is 35.8 Å². The van der Waals surface area contributed by atoms with Gasteiger partial charge in [0.15, 0.2) is 6.61 Å². The third kappa shape index (κ3) is 4.81. The SMILES string of the molecule is CC(C)c1cccc(C(C)C)c1NC(=O)COc1cccc([N+](=O)[O-])c1. The van der Waals surface area contributed by atoms with Crippen molar-refractivity contribution in [3.8, 4) is 5.75 Å². The Labute approximate surface area is 153 Å². The summed E-state index contributed by atoms with van der Waals surface area (Å²) in [6, 6.07) is 11.8. The van der Waals surface area contributed by atoms with Gasteiger partial charge in [-0.15, -0.1) is 0 Å². The van der Waals surface area contributed by atoms with Gasteiger partial charge in [-0.05, 0) is 29.0 Å². The first kappa shape index (κ1) is 19.4. The van der Waals surface area contributed by atoms with Crippen LogP contribution in [0.5, 0.6) is 5.75 Å². The Balaban J connectivity index is 2.13. The van der Waals surface area contributed by atoms with Gasteiger partial charge in [-0.2, -0.15) is 0 Å². The fraction of sp³-hybridized carbons (Fsp3) is 0.350. The summed E-state index contributed by atoms with van der Waals surface area (Å²) in [5, 5.41) is 13.8. The number of carbonyl (C=O) groups excluding carboxylic acids is 1. The molecule has 1 amide bonds. The van der Waals surface area contributed by atoms with E-state index in [1.165, 1.54) is 18.2 Å². The summed E-state index contributed by atoms with van der Waals surface area (Å²) < 4.78 is 5.42. The molecule has 26 heavy (non-hydrogen) atoms. The van der Waals surface area contributed by atoms with Crippen LogP contribution in [0.3, 0.4) is 0 Å². The molecule has 0 aromatic heterocycles. The van der Waals surface area contributed by atoms with Crippen LogP contribution in [-0.2, 0) is 4.79 Å². The van der Waals surface area contributed by atoms with E-state index in [0.717, 1.165) is 16.8 Å². The number of ether oxygens (including phenoxy) is 1. The summed E-state index contributed by atoms with van der Waals surface area (Å²) in [6.45, 7) is 8.10. The van der Waals surface area contributed by atoms with E-state index in [9.17, 15) is 14.9 Å². The van der Waals surface area contributed by atoms with Gasteiger partial charge in [0.1, 0.15) is 5.75 Å². The number of rotatable bonds is 7. The number of amides is 1. The first-order valence-electron chi connectivity index (χ1n) is 8.59. The van der Waals surface area contributed by atoms with E-state index in [2.05, 4.69) is 33.0 Å². The van der Waals surface area contributed by atoms with Crippen LogP contribution < -0.4 is 10.1 Å². The molecular weight excluding hydrogens is 332 g/mol. The number of nitrogens with zero attached hydrogens (tertiary/aromatic N) is 1. The molecule has 2 aromatic carbocycles. The molecule has 2 rings (SSSR count). The van der Waals surface area contributed by atoms with Crippen LogP contribution in [0, 0.1) is 10.1 Å². The largest absolute Gasteiger partial charge is 0.484 e. The Kier molecular flexibility index (Phi) is 6.33. The highest BCUT2D eigenvalue weighted by molar-refractivity contribution is 5.93. The highest BCUT2D eigenvalue weighted by Crippen LogP contribution is 2.32. The van der Waals surface area contributed by atoms with Crippen LogP contribution in [-0.4, -0.2) is 17.4 Å². The lowest BCUT2D eigenvalue weighted by Gasteiger charge is -2.20. The Morgan fingerprint density at radius 2 is 1.65 bits per heavy atom.